The van der Waals surface area contributed by atoms with Crippen LogP contribution in [0.25, 0.3) is 0 Å². The number of hydrogen-bond donors (Lipinski definition) is 1. The van der Waals surface area contributed by atoms with E-state index in [1.165, 1.54) is 0 Å². The van der Waals surface area contributed by atoms with Crippen molar-refractivity contribution in [3.05, 3.63) is 46.2 Å². The Labute approximate surface area is 139 Å². The quantitative estimate of drug-likeness (QED) is 0.753. The van der Waals surface area contributed by atoms with Gasteiger partial charge in [0.15, 0.2) is 18.1 Å². The summed E-state index contributed by atoms with van der Waals surface area (Å²) in [5.74, 6) is 0.681. The van der Waals surface area contributed by atoms with Crippen molar-refractivity contribution in [1.29, 1.82) is 0 Å². The molecule has 0 saturated carbocycles. The molecule has 0 spiro atoms. The lowest BCUT2D eigenvalue weighted by molar-refractivity contribution is -0.123. The highest BCUT2D eigenvalue weighted by Gasteiger charge is 2.12. The number of thiophene rings is 1. The standard InChI is InChI=1S/C17H19NO4S/c1-3-21-15-9-13(10-19)6-7-14(15)22-11-17(20)18-12(2)16-5-4-8-23-16/h4-10,12H,3,11H2,1-2H3,(H,18,20)/t12-/m1/s1. The Morgan fingerprint density at radius 1 is 1.30 bits per heavy atom. The van der Waals surface area contributed by atoms with Crippen LogP contribution >= 0.6 is 11.3 Å². The normalized spacial score (nSPS) is 11.6. The van der Waals surface area contributed by atoms with Gasteiger partial charge in [-0.1, -0.05) is 6.07 Å². The van der Waals surface area contributed by atoms with E-state index in [0.717, 1.165) is 11.2 Å². The average Bonchev–Trinajstić information content (AvgIpc) is 3.08. The Morgan fingerprint density at radius 3 is 2.78 bits per heavy atom. The Kier molecular flexibility index (Phi) is 6.17. The molecule has 1 aromatic carbocycles. The second-order valence-electron chi connectivity index (χ2n) is 4.85. The second-order valence-corrected chi connectivity index (χ2v) is 5.83. The number of aldehydes is 1. The molecule has 122 valence electrons. The molecular formula is C17H19NO4S. The number of benzene rings is 1. The maximum Gasteiger partial charge on any atom is 0.258 e. The van der Waals surface area contributed by atoms with E-state index in [-0.39, 0.29) is 18.6 Å². The second kappa shape index (κ2) is 8.33. The largest absolute Gasteiger partial charge is 0.490 e. The van der Waals surface area contributed by atoms with E-state index in [0.29, 0.717) is 23.7 Å². The number of amides is 1. The van der Waals surface area contributed by atoms with Gasteiger partial charge in [0.25, 0.3) is 5.91 Å². The van der Waals surface area contributed by atoms with Gasteiger partial charge in [0, 0.05) is 10.4 Å². The molecule has 1 amide bonds. The van der Waals surface area contributed by atoms with Crippen LogP contribution in [0.5, 0.6) is 11.5 Å². The van der Waals surface area contributed by atoms with Crippen LogP contribution in [0.1, 0.15) is 35.1 Å². The lowest BCUT2D eigenvalue weighted by Gasteiger charge is -2.14. The molecule has 0 radical (unpaired) electrons. The van der Waals surface area contributed by atoms with E-state index in [4.69, 9.17) is 9.47 Å². The molecule has 0 aliphatic carbocycles. The molecule has 23 heavy (non-hydrogen) atoms. The van der Waals surface area contributed by atoms with Crippen molar-refractivity contribution in [2.75, 3.05) is 13.2 Å². The first kappa shape index (κ1) is 17.0. The molecule has 2 aromatic rings. The molecule has 6 heteroatoms. The van der Waals surface area contributed by atoms with E-state index in [1.807, 2.05) is 31.4 Å². The van der Waals surface area contributed by atoms with Crippen molar-refractivity contribution in [3.63, 3.8) is 0 Å². The number of hydrogen-bond acceptors (Lipinski definition) is 5. The summed E-state index contributed by atoms with van der Waals surface area (Å²) < 4.78 is 11.0. The zero-order chi connectivity index (χ0) is 16.7. The maximum atomic E-state index is 12.0. The number of rotatable bonds is 8. The van der Waals surface area contributed by atoms with Crippen LogP contribution in [-0.2, 0) is 4.79 Å². The molecule has 0 unspecified atom stereocenters. The first-order valence-corrected chi connectivity index (χ1v) is 8.19. The number of ether oxygens (including phenoxy) is 2. The topological polar surface area (TPSA) is 64.6 Å². The Hall–Kier alpha value is -2.34. The molecule has 0 fully saturated rings. The maximum absolute atomic E-state index is 12.0. The highest BCUT2D eigenvalue weighted by Crippen LogP contribution is 2.28. The minimum absolute atomic E-state index is 0.0603. The van der Waals surface area contributed by atoms with Crippen LogP contribution in [0.2, 0.25) is 0 Å². The van der Waals surface area contributed by atoms with Crippen molar-refractivity contribution in [2.24, 2.45) is 0 Å². The predicted molar refractivity (Wildman–Crippen MR) is 89.4 cm³/mol. The fourth-order valence-electron chi connectivity index (χ4n) is 2.02. The van der Waals surface area contributed by atoms with Crippen LogP contribution < -0.4 is 14.8 Å². The van der Waals surface area contributed by atoms with E-state index in [9.17, 15) is 9.59 Å². The number of nitrogens with one attached hydrogen (secondary N) is 1. The first-order valence-electron chi connectivity index (χ1n) is 7.31. The summed E-state index contributed by atoms with van der Waals surface area (Å²) in [5.41, 5.74) is 0.497. The molecule has 0 aliphatic rings. The summed E-state index contributed by atoms with van der Waals surface area (Å²) in [6, 6.07) is 8.71. The highest BCUT2D eigenvalue weighted by atomic mass is 32.1. The van der Waals surface area contributed by atoms with Crippen LogP contribution in [0.3, 0.4) is 0 Å². The number of carbonyl (C=O) groups is 2. The van der Waals surface area contributed by atoms with Gasteiger partial charge < -0.3 is 14.8 Å². The summed E-state index contributed by atoms with van der Waals surface area (Å²) in [7, 11) is 0. The van der Waals surface area contributed by atoms with Gasteiger partial charge in [0.1, 0.15) is 6.29 Å². The van der Waals surface area contributed by atoms with E-state index >= 15 is 0 Å². The van der Waals surface area contributed by atoms with Gasteiger partial charge in [0.05, 0.1) is 12.6 Å². The summed E-state index contributed by atoms with van der Waals surface area (Å²) >= 11 is 1.59. The van der Waals surface area contributed by atoms with Gasteiger partial charge in [-0.3, -0.25) is 9.59 Å². The Balaban J connectivity index is 1.94. The SMILES string of the molecule is CCOc1cc(C=O)ccc1OCC(=O)N[C@H](C)c1cccs1. The van der Waals surface area contributed by atoms with E-state index < -0.39 is 0 Å². The summed E-state index contributed by atoms with van der Waals surface area (Å²) in [4.78, 5) is 23.9. The molecule has 1 N–H and O–H groups in total. The van der Waals surface area contributed by atoms with Crippen molar-refractivity contribution < 1.29 is 19.1 Å². The fraction of sp³-hybridized carbons (Fsp3) is 0.294. The summed E-state index contributed by atoms with van der Waals surface area (Å²) in [6.07, 6.45) is 0.738. The summed E-state index contributed by atoms with van der Waals surface area (Å²) in [5, 5.41) is 4.85. The van der Waals surface area contributed by atoms with Crippen LogP contribution in [0.15, 0.2) is 35.7 Å². The Bertz CT molecular complexity index is 655. The molecule has 5 nitrogen and oxygen atoms in total. The highest BCUT2D eigenvalue weighted by molar-refractivity contribution is 7.10. The van der Waals surface area contributed by atoms with Crippen molar-refractivity contribution in [2.45, 2.75) is 19.9 Å². The van der Waals surface area contributed by atoms with Crippen LogP contribution in [-0.4, -0.2) is 25.4 Å². The third-order valence-electron chi connectivity index (χ3n) is 3.11. The average molecular weight is 333 g/mol. The molecular weight excluding hydrogens is 314 g/mol. The fourth-order valence-corrected chi connectivity index (χ4v) is 2.76. The third-order valence-corrected chi connectivity index (χ3v) is 4.16. The zero-order valence-corrected chi connectivity index (χ0v) is 13.9. The van der Waals surface area contributed by atoms with Crippen molar-refractivity contribution in [3.8, 4) is 11.5 Å². The number of carbonyl (C=O) groups excluding carboxylic acids is 2. The van der Waals surface area contributed by atoms with Crippen molar-refractivity contribution >= 4 is 23.5 Å². The molecule has 1 aromatic heterocycles. The monoisotopic (exact) mass is 333 g/mol. The van der Waals surface area contributed by atoms with E-state index in [1.54, 1.807) is 29.5 Å². The molecule has 2 rings (SSSR count). The smallest absolute Gasteiger partial charge is 0.258 e. The zero-order valence-electron chi connectivity index (χ0n) is 13.1. The molecule has 0 saturated heterocycles. The summed E-state index contributed by atoms with van der Waals surface area (Å²) in [6.45, 7) is 4.09. The van der Waals surface area contributed by atoms with Gasteiger partial charge in [-0.25, -0.2) is 0 Å². The van der Waals surface area contributed by atoms with Gasteiger partial charge >= 0.3 is 0 Å². The van der Waals surface area contributed by atoms with Crippen LogP contribution in [0, 0.1) is 0 Å². The van der Waals surface area contributed by atoms with Gasteiger partial charge in [-0.05, 0) is 43.5 Å². The van der Waals surface area contributed by atoms with Gasteiger partial charge in [-0.15, -0.1) is 11.3 Å². The minimum Gasteiger partial charge on any atom is -0.490 e. The lowest BCUT2D eigenvalue weighted by atomic mass is 10.2. The van der Waals surface area contributed by atoms with Gasteiger partial charge in [0.2, 0.25) is 0 Å². The first-order chi connectivity index (χ1) is 11.1. The predicted octanol–water partition coefficient (Wildman–Crippen LogP) is 3.22. The Morgan fingerprint density at radius 2 is 2.13 bits per heavy atom. The van der Waals surface area contributed by atoms with E-state index in [2.05, 4.69) is 5.32 Å². The van der Waals surface area contributed by atoms with Gasteiger partial charge in [-0.2, -0.15) is 0 Å². The molecule has 0 aliphatic heterocycles. The molecule has 0 bridgehead atoms. The van der Waals surface area contributed by atoms with Crippen molar-refractivity contribution in [1.82, 2.24) is 5.32 Å². The minimum atomic E-state index is -0.215. The molecule has 1 heterocycles. The lowest BCUT2D eigenvalue weighted by Crippen LogP contribution is -2.30. The third kappa shape index (κ3) is 4.82. The van der Waals surface area contributed by atoms with Crippen LogP contribution in [0.4, 0.5) is 0 Å². The molecule has 1 atom stereocenters.